The van der Waals surface area contributed by atoms with Gasteiger partial charge in [-0.05, 0) is 19.1 Å². The Morgan fingerprint density at radius 3 is 2.94 bits per heavy atom. The molecule has 0 fully saturated rings. The molecule has 2 aromatic heterocycles. The minimum absolute atomic E-state index is 0.253. The van der Waals surface area contributed by atoms with Crippen molar-refractivity contribution in [1.82, 2.24) is 14.4 Å². The molecule has 0 aliphatic carbocycles. The van der Waals surface area contributed by atoms with E-state index in [1.54, 1.807) is 18.5 Å². The molecule has 0 N–H and O–H groups in total. The smallest absolute Gasteiger partial charge is 0.156 e. The molecule has 0 bridgehead atoms. The number of nitrogens with zero attached hydrogens (tertiary/aromatic N) is 3. The maximum atomic E-state index is 13.2. The Morgan fingerprint density at radius 2 is 2.18 bits per heavy atom. The van der Waals surface area contributed by atoms with E-state index in [4.69, 9.17) is 0 Å². The number of aromatic nitrogens is 3. The first-order valence-electron chi connectivity index (χ1n) is 5.30. The molecular weight excluding hydrogens is 217 g/mol. The van der Waals surface area contributed by atoms with Gasteiger partial charge >= 0.3 is 0 Å². The molecule has 17 heavy (non-hydrogen) atoms. The third kappa shape index (κ3) is 1.58. The Kier molecular flexibility index (Phi) is 2.14. The first kappa shape index (κ1) is 9.96. The molecule has 3 aromatic rings. The quantitative estimate of drug-likeness (QED) is 0.640. The Balaban J connectivity index is 2.27. The van der Waals surface area contributed by atoms with Crippen LogP contribution < -0.4 is 0 Å². The van der Waals surface area contributed by atoms with Gasteiger partial charge in [-0.3, -0.25) is 4.98 Å². The minimum atomic E-state index is -0.253. The van der Waals surface area contributed by atoms with Crippen LogP contribution in [-0.2, 0) is 0 Å². The van der Waals surface area contributed by atoms with Crippen molar-refractivity contribution in [3.05, 3.63) is 54.4 Å². The molecular formula is C13H10FN3. The molecule has 0 unspecified atom stereocenters. The molecule has 0 amide bonds. The number of fused-ring (bicyclic) bond motifs is 1. The fraction of sp³-hybridized carbons (Fsp3) is 0.0769. The monoisotopic (exact) mass is 227 g/mol. The Labute approximate surface area is 97.6 Å². The van der Waals surface area contributed by atoms with Crippen molar-refractivity contribution in [2.75, 3.05) is 0 Å². The topological polar surface area (TPSA) is 30.2 Å². The van der Waals surface area contributed by atoms with Crippen molar-refractivity contribution in [2.24, 2.45) is 0 Å². The largest absolute Gasteiger partial charge is 0.301 e. The minimum Gasteiger partial charge on any atom is -0.301 e. The molecule has 0 spiro atoms. The van der Waals surface area contributed by atoms with E-state index in [1.165, 1.54) is 12.1 Å². The molecule has 3 rings (SSSR count). The van der Waals surface area contributed by atoms with E-state index in [1.807, 2.05) is 23.6 Å². The highest BCUT2D eigenvalue weighted by molar-refractivity contribution is 5.65. The summed E-state index contributed by atoms with van der Waals surface area (Å²) in [5, 5.41) is 0. The van der Waals surface area contributed by atoms with E-state index in [0.29, 0.717) is 0 Å². The van der Waals surface area contributed by atoms with Crippen molar-refractivity contribution in [3.63, 3.8) is 0 Å². The van der Waals surface area contributed by atoms with Crippen molar-refractivity contribution in [3.8, 4) is 11.3 Å². The summed E-state index contributed by atoms with van der Waals surface area (Å²) in [6.45, 7) is 1.96. The highest BCUT2D eigenvalue weighted by atomic mass is 19.1. The summed E-state index contributed by atoms with van der Waals surface area (Å²) in [5.41, 5.74) is 3.32. The molecule has 0 aliphatic heterocycles. The Hall–Kier alpha value is -2.23. The van der Waals surface area contributed by atoms with E-state index in [9.17, 15) is 4.39 Å². The Morgan fingerprint density at radius 1 is 1.29 bits per heavy atom. The molecule has 0 saturated carbocycles. The molecule has 84 valence electrons. The number of imidazole rings is 1. The zero-order valence-corrected chi connectivity index (χ0v) is 9.26. The average Bonchev–Trinajstić information content (AvgIpc) is 2.68. The molecule has 4 heteroatoms. The van der Waals surface area contributed by atoms with Gasteiger partial charge in [0.2, 0.25) is 0 Å². The van der Waals surface area contributed by atoms with Crippen LogP contribution in [0.2, 0.25) is 0 Å². The fourth-order valence-electron chi connectivity index (χ4n) is 1.94. The van der Waals surface area contributed by atoms with Gasteiger partial charge in [0, 0.05) is 23.7 Å². The van der Waals surface area contributed by atoms with Crippen LogP contribution >= 0.6 is 0 Å². The van der Waals surface area contributed by atoms with Crippen LogP contribution in [0.3, 0.4) is 0 Å². The lowest BCUT2D eigenvalue weighted by Crippen LogP contribution is -1.87. The highest BCUT2D eigenvalue weighted by Crippen LogP contribution is 2.23. The fourth-order valence-corrected chi connectivity index (χ4v) is 1.94. The number of hydrogen-bond donors (Lipinski definition) is 0. The number of rotatable bonds is 1. The summed E-state index contributed by atoms with van der Waals surface area (Å²) >= 11 is 0. The number of benzene rings is 1. The Bertz CT molecular complexity index is 688. The maximum absolute atomic E-state index is 13.2. The predicted octanol–water partition coefficient (Wildman–Crippen LogP) is 2.84. The van der Waals surface area contributed by atoms with Gasteiger partial charge in [0.15, 0.2) is 5.65 Å². The van der Waals surface area contributed by atoms with Crippen molar-refractivity contribution in [2.45, 2.75) is 6.92 Å². The first-order valence-corrected chi connectivity index (χ1v) is 5.30. The van der Waals surface area contributed by atoms with Crippen molar-refractivity contribution < 1.29 is 4.39 Å². The van der Waals surface area contributed by atoms with Crippen LogP contribution in [0, 0.1) is 12.7 Å². The molecule has 3 nitrogen and oxygen atoms in total. The van der Waals surface area contributed by atoms with Gasteiger partial charge in [-0.15, -0.1) is 0 Å². The van der Waals surface area contributed by atoms with Crippen LogP contribution in [0.1, 0.15) is 5.69 Å². The van der Waals surface area contributed by atoms with Crippen LogP contribution in [0.25, 0.3) is 16.9 Å². The SMILES string of the molecule is Cc1c(-c2cccc(F)c2)nc2cnccn12. The standard InChI is InChI=1S/C13H10FN3/c1-9-13(10-3-2-4-11(14)7-10)16-12-8-15-5-6-17(9)12/h2-8H,1H3. The molecule has 0 atom stereocenters. The normalized spacial score (nSPS) is 10.9. The van der Waals surface area contributed by atoms with Crippen molar-refractivity contribution in [1.29, 1.82) is 0 Å². The van der Waals surface area contributed by atoms with Gasteiger partial charge in [0.05, 0.1) is 11.9 Å². The lowest BCUT2D eigenvalue weighted by Gasteiger charge is -1.99. The highest BCUT2D eigenvalue weighted by Gasteiger charge is 2.10. The first-order chi connectivity index (χ1) is 8.25. The average molecular weight is 227 g/mol. The van der Waals surface area contributed by atoms with E-state index in [-0.39, 0.29) is 5.82 Å². The van der Waals surface area contributed by atoms with Gasteiger partial charge in [-0.25, -0.2) is 9.37 Å². The second-order valence-electron chi connectivity index (χ2n) is 3.86. The van der Waals surface area contributed by atoms with E-state index in [2.05, 4.69) is 9.97 Å². The number of halogens is 1. The summed E-state index contributed by atoms with van der Waals surface area (Å²) in [7, 11) is 0. The summed E-state index contributed by atoms with van der Waals surface area (Å²) in [6, 6.07) is 6.45. The predicted molar refractivity (Wildman–Crippen MR) is 63.1 cm³/mol. The molecule has 0 radical (unpaired) electrons. The maximum Gasteiger partial charge on any atom is 0.156 e. The second-order valence-corrected chi connectivity index (χ2v) is 3.86. The van der Waals surface area contributed by atoms with Crippen LogP contribution in [-0.4, -0.2) is 14.4 Å². The second kappa shape index (κ2) is 3.66. The van der Waals surface area contributed by atoms with Gasteiger partial charge in [-0.2, -0.15) is 0 Å². The van der Waals surface area contributed by atoms with Gasteiger partial charge in [0.25, 0.3) is 0 Å². The van der Waals surface area contributed by atoms with Crippen LogP contribution in [0.15, 0.2) is 42.9 Å². The zero-order valence-electron chi connectivity index (χ0n) is 9.26. The summed E-state index contributed by atoms with van der Waals surface area (Å²) in [5.74, 6) is -0.253. The molecule has 0 aliphatic rings. The lowest BCUT2D eigenvalue weighted by atomic mass is 10.1. The third-order valence-electron chi connectivity index (χ3n) is 2.77. The van der Waals surface area contributed by atoms with Gasteiger partial charge in [0.1, 0.15) is 5.82 Å². The van der Waals surface area contributed by atoms with E-state index >= 15 is 0 Å². The summed E-state index contributed by atoms with van der Waals surface area (Å²) in [6.07, 6.45) is 5.24. The molecule has 1 aromatic carbocycles. The molecule has 2 heterocycles. The third-order valence-corrected chi connectivity index (χ3v) is 2.77. The van der Waals surface area contributed by atoms with Crippen LogP contribution in [0.5, 0.6) is 0 Å². The number of hydrogen-bond acceptors (Lipinski definition) is 2. The molecule has 0 saturated heterocycles. The number of aryl methyl sites for hydroxylation is 1. The van der Waals surface area contributed by atoms with E-state index < -0.39 is 0 Å². The lowest BCUT2D eigenvalue weighted by molar-refractivity contribution is 0.628. The summed E-state index contributed by atoms with van der Waals surface area (Å²) < 4.78 is 15.1. The van der Waals surface area contributed by atoms with Gasteiger partial charge in [-0.1, -0.05) is 12.1 Å². The van der Waals surface area contributed by atoms with Crippen LogP contribution in [0.4, 0.5) is 4.39 Å². The van der Waals surface area contributed by atoms with Gasteiger partial charge < -0.3 is 4.40 Å². The zero-order chi connectivity index (χ0) is 11.8. The van der Waals surface area contributed by atoms with E-state index in [0.717, 1.165) is 22.6 Å². The van der Waals surface area contributed by atoms with Crippen molar-refractivity contribution >= 4 is 5.65 Å². The summed E-state index contributed by atoms with van der Waals surface area (Å²) in [4.78, 5) is 8.48.